The van der Waals surface area contributed by atoms with Crippen LogP contribution in [0.4, 0.5) is 20.6 Å². The van der Waals surface area contributed by atoms with E-state index in [1.165, 1.54) is 30.0 Å². The average molecular weight is 367 g/mol. The Balaban J connectivity index is 2.11. The van der Waals surface area contributed by atoms with Crippen molar-refractivity contribution in [2.45, 2.75) is 51.9 Å². The van der Waals surface area contributed by atoms with E-state index in [-0.39, 0.29) is 12.6 Å². The highest BCUT2D eigenvalue weighted by molar-refractivity contribution is 5.70. The van der Waals surface area contributed by atoms with Gasteiger partial charge in [0.2, 0.25) is 0 Å². The highest BCUT2D eigenvalue weighted by atomic mass is 19.1. The van der Waals surface area contributed by atoms with E-state index in [2.05, 4.69) is 5.32 Å². The number of piperidine rings is 1. The number of likely N-dealkylation sites (tertiary alicyclic amines) is 1. The van der Waals surface area contributed by atoms with Gasteiger partial charge in [-0.05, 0) is 45.4 Å². The van der Waals surface area contributed by atoms with Gasteiger partial charge in [-0.2, -0.15) is 0 Å². The minimum absolute atomic E-state index is 0.182. The van der Waals surface area contributed by atoms with Crippen LogP contribution >= 0.6 is 0 Å². The molecule has 0 unspecified atom stereocenters. The predicted octanol–water partition coefficient (Wildman–Crippen LogP) is 2.76. The number of nitrogens with zero attached hydrogens (tertiary/aromatic N) is 1. The zero-order valence-electron chi connectivity index (χ0n) is 15.5. The third-order valence-electron chi connectivity index (χ3n) is 3.88. The number of benzene rings is 1. The van der Waals surface area contributed by atoms with Gasteiger partial charge in [-0.15, -0.1) is 0 Å². The molecule has 0 aromatic heterocycles. The summed E-state index contributed by atoms with van der Waals surface area (Å²) < 4.78 is 24.2. The molecule has 26 heavy (non-hydrogen) atoms. The first kappa shape index (κ1) is 19.8. The van der Waals surface area contributed by atoms with Crippen LogP contribution < -0.4 is 11.1 Å². The first-order valence-corrected chi connectivity index (χ1v) is 8.52. The van der Waals surface area contributed by atoms with Crippen molar-refractivity contribution >= 4 is 23.4 Å². The smallest absolute Gasteiger partial charge is 0.410 e. The summed E-state index contributed by atoms with van der Waals surface area (Å²) in [5.41, 5.74) is 6.08. The summed E-state index contributed by atoms with van der Waals surface area (Å²) in [7, 11) is 0. The maximum Gasteiger partial charge on any atom is 0.410 e. The van der Waals surface area contributed by atoms with Crippen molar-refractivity contribution in [3.63, 3.8) is 0 Å². The summed E-state index contributed by atoms with van der Waals surface area (Å²) in [4.78, 5) is 25.3. The summed E-state index contributed by atoms with van der Waals surface area (Å²) in [5, 5.41) is 3.13. The molecule has 1 heterocycles. The van der Waals surface area contributed by atoms with Crippen LogP contribution in [0.5, 0.6) is 0 Å². The van der Waals surface area contributed by atoms with E-state index in [0.717, 1.165) is 0 Å². The summed E-state index contributed by atoms with van der Waals surface area (Å²) in [6, 6.07) is 3.73. The molecule has 2 rings (SSSR count). The standard InChI is InChI=1S/C18H26FN3O4/c1-11(23)25-16-10-22(17(24)26-18(2,3)4)8-7-14(16)21-15-9-12(19)5-6-13(15)20/h5-6,9,14,16,21H,7-8,10,20H2,1-4H3/t14-,16-/m1/s1. The Bertz CT molecular complexity index is 675. The molecule has 1 saturated heterocycles. The first-order valence-electron chi connectivity index (χ1n) is 8.52. The quantitative estimate of drug-likeness (QED) is 0.630. The fraction of sp³-hybridized carbons (Fsp3) is 0.556. The Kier molecular flexibility index (Phi) is 5.94. The molecule has 1 aromatic rings. The molecule has 7 nitrogen and oxygen atoms in total. The highest BCUT2D eigenvalue weighted by Crippen LogP contribution is 2.25. The average Bonchev–Trinajstić information content (AvgIpc) is 2.50. The molecule has 2 atom stereocenters. The third-order valence-corrected chi connectivity index (χ3v) is 3.88. The van der Waals surface area contributed by atoms with Crippen molar-refractivity contribution in [3.05, 3.63) is 24.0 Å². The van der Waals surface area contributed by atoms with Crippen LogP contribution in [-0.4, -0.2) is 47.8 Å². The molecule has 144 valence electrons. The number of rotatable bonds is 3. The summed E-state index contributed by atoms with van der Waals surface area (Å²) >= 11 is 0. The van der Waals surface area contributed by atoms with Gasteiger partial charge in [0.15, 0.2) is 0 Å². The van der Waals surface area contributed by atoms with E-state index in [4.69, 9.17) is 15.2 Å². The molecule has 1 amide bonds. The number of ether oxygens (including phenoxy) is 2. The second kappa shape index (κ2) is 7.80. The Morgan fingerprint density at radius 1 is 1.35 bits per heavy atom. The Hall–Kier alpha value is -2.51. The van der Waals surface area contributed by atoms with E-state index in [1.807, 2.05) is 0 Å². The van der Waals surface area contributed by atoms with Gasteiger partial charge in [-0.3, -0.25) is 4.79 Å². The van der Waals surface area contributed by atoms with Gasteiger partial charge in [-0.1, -0.05) is 0 Å². The van der Waals surface area contributed by atoms with Crippen LogP contribution in [0, 0.1) is 5.82 Å². The molecule has 1 fully saturated rings. The van der Waals surface area contributed by atoms with Crippen LogP contribution in [0.1, 0.15) is 34.1 Å². The number of nitrogens with two attached hydrogens (primary N) is 1. The molecule has 0 aliphatic carbocycles. The Labute approximate surface area is 152 Å². The van der Waals surface area contributed by atoms with Crippen molar-refractivity contribution in [1.29, 1.82) is 0 Å². The maximum absolute atomic E-state index is 13.5. The van der Waals surface area contributed by atoms with E-state index in [9.17, 15) is 14.0 Å². The molecule has 3 N–H and O–H groups in total. The molecule has 8 heteroatoms. The maximum atomic E-state index is 13.5. The van der Waals surface area contributed by atoms with Crippen LogP contribution in [0.15, 0.2) is 18.2 Å². The fourth-order valence-electron chi connectivity index (χ4n) is 2.76. The zero-order chi connectivity index (χ0) is 19.5. The lowest BCUT2D eigenvalue weighted by molar-refractivity contribution is -0.149. The summed E-state index contributed by atoms with van der Waals surface area (Å²) in [6.07, 6.45) is -0.567. The molecular formula is C18H26FN3O4. The van der Waals surface area contributed by atoms with Crippen molar-refractivity contribution in [1.82, 2.24) is 4.90 Å². The fourth-order valence-corrected chi connectivity index (χ4v) is 2.76. The molecule has 1 aliphatic heterocycles. The van der Waals surface area contributed by atoms with E-state index in [0.29, 0.717) is 24.3 Å². The van der Waals surface area contributed by atoms with Gasteiger partial charge in [0, 0.05) is 13.5 Å². The number of amides is 1. The summed E-state index contributed by atoms with van der Waals surface area (Å²) in [6.45, 7) is 7.27. The molecule has 0 radical (unpaired) electrons. The van der Waals surface area contributed by atoms with Crippen LogP contribution in [0.2, 0.25) is 0 Å². The van der Waals surface area contributed by atoms with E-state index >= 15 is 0 Å². The number of carbonyl (C=O) groups excluding carboxylic acids is 2. The molecule has 0 bridgehead atoms. The normalized spacial score (nSPS) is 20.4. The number of hydrogen-bond donors (Lipinski definition) is 2. The second-order valence-corrected chi connectivity index (χ2v) is 7.35. The Morgan fingerprint density at radius 3 is 2.65 bits per heavy atom. The van der Waals surface area contributed by atoms with Gasteiger partial charge >= 0.3 is 12.1 Å². The van der Waals surface area contributed by atoms with Gasteiger partial charge in [-0.25, -0.2) is 9.18 Å². The van der Waals surface area contributed by atoms with Crippen LogP contribution in [-0.2, 0) is 14.3 Å². The van der Waals surface area contributed by atoms with Gasteiger partial charge < -0.3 is 25.4 Å². The van der Waals surface area contributed by atoms with Gasteiger partial charge in [0.05, 0.1) is 24.0 Å². The molecule has 0 spiro atoms. The lowest BCUT2D eigenvalue weighted by Crippen LogP contribution is -2.54. The molecular weight excluding hydrogens is 341 g/mol. The minimum atomic E-state index is -0.612. The van der Waals surface area contributed by atoms with Crippen molar-refractivity contribution in [3.8, 4) is 0 Å². The summed E-state index contributed by atoms with van der Waals surface area (Å²) in [5.74, 6) is -0.878. The van der Waals surface area contributed by atoms with Crippen molar-refractivity contribution in [2.24, 2.45) is 0 Å². The van der Waals surface area contributed by atoms with E-state index < -0.39 is 29.6 Å². The topological polar surface area (TPSA) is 93.9 Å². The van der Waals surface area contributed by atoms with Crippen molar-refractivity contribution < 1.29 is 23.5 Å². The van der Waals surface area contributed by atoms with Crippen molar-refractivity contribution in [2.75, 3.05) is 24.1 Å². The number of carbonyl (C=O) groups is 2. The molecule has 1 aliphatic rings. The highest BCUT2D eigenvalue weighted by Gasteiger charge is 2.35. The number of anilines is 2. The van der Waals surface area contributed by atoms with Crippen LogP contribution in [0.25, 0.3) is 0 Å². The number of nitrogen functional groups attached to an aromatic ring is 1. The second-order valence-electron chi connectivity index (χ2n) is 7.35. The number of esters is 1. The predicted molar refractivity (Wildman–Crippen MR) is 96.2 cm³/mol. The van der Waals surface area contributed by atoms with E-state index in [1.54, 1.807) is 20.8 Å². The van der Waals surface area contributed by atoms with Gasteiger partial charge in [0.1, 0.15) is 17.5 Å². The number of halogens is 1. The third kappa shape index (κ3) is 5.50. The van der Waals surface area contributed by atoms with Gasteiger partial charge in [0.25, 0.3) is 0 Å². The molecule has 1 aromatic carbocycles. The first-order chi connectivity index (χ1) is 12.0. The van der Waals surface area contributed by atoms with Crippen LogP contribution in [0.3, 0.4) is 0 Å². The number of hydrogen-bond acceptors (Lipinski definition) is 6. The minimum Gasteiger partial charge on any atom is -0.458 e. The SMILES string of the molecule is CC(=O)O[C@@H]1CN(C(=O)OC(C)(C)C)CC[C@H]1Nc1cc(F)ccc1N. The monoisotopic (exact) mass is 367 g/mol. The molecule has 0 saturated carbocycles. The lowest BCUT2D eigenvalue weighted by Gasteiger charge is -2.39. The largest absolute Gasteiger partial charge is 0.458 e. The zero-order valence-corrected chi connectivity index (χ0v) is 15.5. The lowest BCUT2D eigenvalue weighted by atomic mass is 10.0. The number of nitrogens with one attached hydrogen (secondary N) is 1. The Morgan fingerprint density at radius 2 is 2.04 bits per heavy atom.